The maximum absolute atomic E-state index is 5.73. The van der Waals surface area contributed by atoms with E-state index < -0.39 is 0 Å². The van der Waals surface area contributed by atoms with Crippen molar-refractivity contribution in [2.45, 2.75) is 34.1 Å². The van der Waals surface area contributed by atoms with Crippen LogP contribution in [0.25, 0.3) is 0 Å². The number of amidine groups is 1. The molecule has 1 atom stereocenters. The molecule has 0 aromatic carbocycles. The highest BCUT2D eigenvalue weighted by molar-refractivity contribution is 5.82. The summed E-state index contributed by atoms with van der Waals surface area (Å²) in [5.41, 5.74) is 6.26. The molecule has 12 heavy (non-hydrogen) atoms. The van der Waals surface area contributed by atoms with Gasteiger partial charge >= 0.3 is 0 Å². The lowest BCUT2D eigenvalue weighted by Crippen LogP contribution is -2.19. The third kappa shape index (κ3) is 2.23. The summed E-state index contributed by atoms with van der Waals surface area (Å²) in [6.45, 7) is 9.67. The highest BCUT2D eigenvalue weighted by atomic mass is 14.9. The van der Waals surface area contributed by atoms with Crippen molar-refractivity contribution in [3.05, 3.63) is 0 Å². The second-order valence-electron chi connectivity index (χ2n) is 4.81. The number of aliphatic imine (C=N–C) groups is 1. The Morgan fingerprint density at radius 1 is 1.58 bits per heavy atom. The van der Waals surface area contributed by atoms with Crippen molar-refractivity contribution < 1.29 is 0 Å². The van der Waals surface area contributed by atoms with Gasteiger partial charge in [-0.05, 0) is 17.8 Å². The highest BCUT2D eigenvalue weighted by Crippen LogP contribution is 2.51. The van der Waals surface area contributed by atoms with Crippen LogP contribution in [0.1, 0.15) is 34.1 Å². The zero-order valence-corrected chi connectivity index (χ0v) is 8.59. The average Bonchev–Trinajstić information content (AvgIpc) is 2.54. The third-order valence-electron chi connectivity index (χ3n) is 2.80. The normalized spacial score (nSPS) is 27.8. The summed E-state index contributed by atoms with van der Waals surface area (Å²) >= 11 is 0. The fraction of sp³-hybridized carbons (Fsp3) is 0.900. The van der Waals surface area contributed by atoms with Crippen LogP contribution in [0.5, 0.6) is 0 Å². The fourth-order valence-corrected chi connectivity index (χ4v) is 1.29. The molecule has 0 spiro atoms. The first-order chi connectivity index (χ1) is 5.43. The molecule has 2 N–H and O–H groups in total. The minimum atomic E-state index is 0.395. The summed E-state index contributed by atoms with van der Waals surface area (Å²) in [5.74, 6) is 1.97. The van der Waals surface area contributed by atoms with E-state index in [0.29, 0.717) is 11.3 Å². The topological polar surface area (TPSA) is 38.4 Å². The van der Waals surface area contributed by atoms with Gasteiger partial charge in [0, 0.05) is 12.5 Å². The van der Waals surface area contributed by atoms with E-state index >= 15 is 0 Å². The quantitative estimate of drug-likeness (QED) is 0.508. The van der Waals surface area contributed by atoms with Gasteiger partial charge in [0.1, 0.15) is 0 Å². The minimum absolute atomic E-state index is 0.395. The van der Waals surface area contributed by atoms with Crippen LogP contribution in [-0.2, 0) is 0 Å². The second-order valence-corrected chi connectivity index (χ2v) is 4.81. The Morgan fingerprint density at radius 2 is 2.08 bits per heavy atom. The molecule has 2 heteroatoms. The van der Waals surface area contributed by atoms with Gasteiger partial charge in [-0.1, -0.05) is 27.7 Å². The molecule has 1 aliphatic carbocycles. The Bertz CT molecular complexity index is 192. The summed E-state index contributed by atoms with van der Waals surface area (Å²) in [7, 11) is 0. The highest BCUT2D eigenvalue weighted by Gasteiger charge is 2.44. The predicted molar refractivity (Wildman–Crippen MR) is 53.2 cm³/mol. The molecule has 1 aliphatic rings. The summed E-state index contributed by atoms with van der Waals surface area (Å²) in [4.78, 5) is 4.38. The van der Waals surface area contributed by atoms with Crippen molar-refractivity contribution in [2.24, 2.45) is 28.0 Å². The number of nitrogens with two attached hydrogens (primary N) is 1. The van der Waals surface area contributed by atoms with Gasteiger partial charge < -0.3 is 5.73 Å². The van der Waals surface area contributed by atoms with Crippen LogP contribution in [0, 0.1) is 17.3 Å². The Balaban J connectivity index is 2.31. The third-order valence-corrected chi connectivity index (χ3v) is 2.80. The van der Waals surface area contributed by atoms with Gasteiger partial charge in [-0.3, -0.25) is 4.99 Å². The molecule has 0 amide bonds. The van der Waals surface area contributed by atoms with Crippen molar-refractivity contribution in [3.63, 3.8) is 0 Å². The van der Waals surface area contributed by atoms with E-state index in [1.165, 1.54) is 6.42 Å². The van der Waals surface area contributed by atoms with Gasteiger partial charge in [-0.2, -0.15) is 0 Å². The maximum atomic E-state index is 5.73. The molecule has 0 saturated heterocycles. The Morgan fingerprint density at radius 3 is 2.42 bits per heavy atom. The van der Waals surface area contributed by atoms with Crippen molar-refractivity contribution in [2.75, 3.05) is 6.54 Å². The molecule has 2 nitrogen and oxygen atoms in total. The smallest absolute Gasteiger partial charge is 0.0962 e. The van der Waals surface area contributed by atoms with Gasteiger partial charge in [0.05, 0.1) is 5.84 Å². The van der Waals surface area contributed by atoms with Gasteiger partial charge in [0.25, 0.3) is 0 Å². The van der Waals surface area contributed by atoms with Crippen molar-refractivity contribution in [1.29, 1.82) is 0 Å². The first-order valence-corrected chi connectivity index (χ1v) is 4.73. The lowest BCUT2D eigenvalue weighted by Gasteiger charge is -2.04. The van der Waals surface area contributed by atoms with E-state index in [4.69, 9.17) is 5.73 Å². The summed E-state index contributed by atoms with van der Waals surface area (Å²) in [5, 5.41) is 0. The van der Waals surface area contributed by atoms with Gasteiger partial charge in [-0.25, -0.2) is 0 Å². The molecule has 0 radical (unpaired) electrons. The number of nitrogens with zero attached hydrogens (tertiary/aromatic N) is 1. The first kappa shape index (κ1) is 9.56. The Hall–Kier alpha value is -0.530. The van der Waals surface area contributed by atoms with Gasteiger partial charge in [-0.15, -0.1) is 0 Å². The van der Waals surface area contributed by atoms with Gasteiger partial charge in [0.2, 0.25) is 0 Å². The zero-order valence-electron chi connectivity index (χ0n) is 8.59. The summed E-state index contributed by atoms with van der Waals surface area (Å²) in [6, 6.07) is 0. The maximum Gasteiger partial charge on any atom is 0.0962 e. The lowest BCUT2D eigenvalue weighted by atomic mass is 10.1. The van der Waals surface area contributed by atoms with E-state index in [9.17, 15) is 0 Å². The largest absolute Gasteiger partial charge is 0.387 e. The molecule has 0 aromatic rings. The van der Waals surface area contributed by atoms with E-state index in [-0.39, 0.29) is 0 Å². The Kier molecular flexibility index (Phi) is 2.45. The minimum Gasteiger partial charge on any atom is -0.387 e. The molecule has 1 fully saturated rings. The SMILES string of the molecule is CC(C)C(N)=NCC1CC1(C)C. The Labute approximate surface area is 75.3 Å². The molecular formula is C10H20N2. The number of hydrogen-bond donors (Lipinski definition) is 1. The molecule has 0 heterocycles. The molecule has 70 valence electrons. The van der Waals surface area contributed by atoms with Crippen molar-refractivity contribution in [3.8, 4) is 0 Å². The lowest BCUT2D eigenvalue weighted by molar-refractivity contribution is 0.564. The molecule has 1 rings (SSSR count). The second kappa shape index (κ2) is 3.08. The molecule has 0 aliphatic heterocycles. The average molecular weight is 168 g/mol. The molecule has 0 aromatic heterocycles. The zero-order chi connectivity index (χ0) is 9.35. The van der Waals surface area contributed by atoms with Crippen LogP contribution in [0.15, 0.2) is 4.99 Å². The van der Waals surface area contributed by atoms with E-state index in [2.05, 4.69) is 32.7 Å². The van der Waals surface area contributed by atoms with Crippen LogP contribution in [-0.4, -0.2) is 12.4 Å². The van der Waals surface area contributed by atoms with Crippen LogP contribution in [0.3, 0.4) is 0 Å². The number of rotatable bonds is 3. The fourth-order valence-electron chi connectivity index (χ4n) is 1.29. The summed E-state index contributed by atoms with van der Waals surface area (Å²) < 4.78 is 0. The molecular weight excluding hydrogens is 148 g/mol. The molecule has 0 bridgehead atoms. The monoisotopic (exact) mass is 168 g/mol. The van der Waals surface area contributed by atoms with Gasteiger partial charge in [0.15, 0.2) is 0 Å². The predicted octanol–water partition coefficient (Wildman–Crippen LogP) is 2.05. The van der Waals surface area contributed by atoms with E-state index in [1.807, 2.05) is 0 Å². The first-order valence-electron chi connectivity index (χ1n) is 4.73. The molecule has 1 unspecified atom stereocenters. The van der Waals surface area contributed by atoms with E-state index in [1.54, 1.807) is 0 Å². The van der Waals surface area contributed by atoms with Crippen molar-refractivity contribution in [1.82, 2.24) is 0 Å². The summed E-state index contributed by atoms with van der Waals surface area (Å²) in [6.07, 6.45) is 1.31. The molecule has 1 saturated carbocycles. The van der Waals surface area contributed by atoms with Crippen LogP contribution in [0.4, 0.5) is 0 Å². The standard InChI is InChI=1S/C10H20N2/c1-7(2)9(11)12-6-8-5-10(8,3)4/h7-8H,5-6H2,1-4H3,(H2,11,12). The van der Waals surface area contributed by atoms with E-state index in [0.717, 1.165) is 18.3 Å². The number of hydrogen-bond acceptors (Lipinski definition) is 1. The van der Waals surface area contributed by atoms with Crippen LogP contribution < -0.4 is 5.73 Å². The van der Waals surface area contributed by atoms with Crippen LogP contribution >= 0.6 is 0 Å². The van der Waals surface area contributed by atoms with Crippen molar-refractivity contribution >= 4 is 5.84 Å². The van der Waals surface area contributed by atoms with Crippen LogP contribution in [0.2, 0.25) is 0 Å².